The van der Waals surface area contributed by atoms with Crippen molar-refractivity contribution in [3.05, 3.63) is 106 Å². The van der Waals surface area contributed by atoms with Gasteiger partial charge >= 0.3 is 0 Å². The highest BCUT2D eigenvalue weighted by Gasteiger charge is 2.31. The normalized spacial score (nSPS) is 12.6. The van der Waals surface area contributed by atoms with Gasteiger partial charge in [0.05, 0.1) is 6.42 Å². The van der Waals surface area contributed by atoms with Crippen molar-refractivity contribution < 1.29 is 9.59 Å². The Morgan fingerprint density at radius 1 is 0.857 bits per heavy atom. The quantitative estimate of drug-likeness (QED) is 0.413. The van der Waals surface area contributed by atoms with Crippen LogP contribution in [0.5, 0.6) is 0 Å². The number of hydrogen-bond acceptors (Lipinski definition) is 2. The molecule has 1 N–H and O–H groups in total. The van der Waals surface area contributed by atoms with E-state index in [0.29, 0.717) is 13.0 Å². The van der Waals surface area contributed by atoms with E-state index in [-0.39, 0.29) is 24.3 Å². The first-order valence-electron chi connectivity index (χ1n) is 12.5. The predicted molar refractivity (Wildman–Crippen MR) is 143 cm³/mol. The summed E-state index contributed by atoms with van der Waals surface area (Å²) in [5.41, 5.74) is 6.40. The zero-order chi connectivity index (χ0) is 25.4. The maximum Gasteiger partial charge on any atom is 0.243 e. The van der Waals surface area contributed by atoms with Crippen LogP contribution < -0.4 is 5.32 Å². The minimum Gasteiger partial charge on any atom is -0.352 e. The Kier molecular flexibility index (Phi) is 9.25. The first kappa shape index (κ1) is 26.2. The van der Waals surface area contributed by atoms with E-state index >= 15 is 0 Å². The first-order valence-corrected chi connectivity index (χ1v) is 12.5. The second-order valence-electron chi connectivity index (χ2n) is 9.64. The van der Waals surface area contributed by atoms with Gasteiger partial charge in [0, 0.05) is 19.0 Å². The van der Waals surface area contributed by atoms with Crippen molar-refractivity contribution in [1.29, 1.82) is 0 Å². The first-order chi connectivity index (χ1) is 16.8. The molecule has 4 heteroatoms. The van der Waals surface area contributed by atoms with Crippen LogP contribution >= 0.6 is 0 Å². The Hall–Kier alpha value is -3.40. The summed E-state index contributed by atoms with van der Waals surface area (Å²) in [6, 6.07) is 23.7. The smallest absolute Gasteiger partial charge is 0.243 e. The molecule has 0 fully saturated rings. The molecule has 3 aromatic rings. The SMILES string of the molecule is CCC(C)NC(=O)C(Cc1ccccc1)N(Cc1cccc(C)c1)C(=O)Cc1cc(C)ccc1C. The van der Waals surface area contributed by atoms with E-state index in [1.165, 1.54) is 0 Å². The molecule has 0 heterocycles. The summed E-state index contributed by atoms with van der Waals surface area (Å²) in [5.74, 6) is -0.148. The lowest BCUT2D eigenvalue weighted by Gasteiger charge is -2.32. The van der Waals surface area contributed by atoms with Crippen LogP contribution in [0.15, 0.2) is 72.8 Å². The van der Waals surface area contributed by atoms with Gasteiger partial charge in [-0.05, 0) is 56.4 Å². The van der Waals surface area contributed by atoms with Gasteiger partial charge in [0.1, 0.15) is 6.04 Å². The van der Waals surface area contributed by atoms with Crippen LogP contribution in [0.3, 0.4) is 0 Å². The topological polar surface area (TPSA) is 49.4 Å². The predicted octanol–water partition coefficient (Wildman–Crippen LogP) is 5.71. The summed E-state index contributed by atoms with van der Waals surface area (Å²) in [7, 11) is 0. The van der Waals surface area contributed by atoms with E-state index in [0.717, 1.165) is 39.8 Å². The van der Waals surface area contributed by atoms with Crippen molar-refractivity contribution in [2.45, 2.75) is 72.5 Å². The second kappa shape index (κ2) is 12.3. The number of carbonyl (C=O) groups is 2. The highest BCUT2D eigenvalue weighted by Crippen LogP contribution is 2.19. The van der Waals surface area contributed by atoms with Gasteiger partial charge < -0.3 is 10.2 Å². The molecule has 3 aromatic carbocycles. The van der Waals surface area contributed by atoms with Crippen LogP contribution in [0.1, 0.15) is 53.6 Å². The number of nitrogens with one attached hydrogen (secondary N) is 1. The summed E-state index contributed by atoms with van der Waals surface area (Å²) >= 11 is 0. The molecule has 4 nitrogen and oxygen atoms in total. The van der Waals surface area contributed by atoms with Crippen LogP contribution in [0.2, 0.25) is 0 Å². The molecule has 0 aliphatic heterocycles. The molecule has 0 saturated heterocycles. The fourth-order valence-electron chi connectivity index (χ4n) is 4.26. The van der Waals surface area contributed by atoms with Gasteiger partial charge in [-0.1, -0.05) is 90.8 Å². The Morgan fingerprint density at radius 2 is 1.54 bits per heavy atom. The van der Waals surface area contributed by atoms with Gasteiger partial charge in [-0.25, -0.2) is 0 Å². The summed E-state index contributed by atoms with van der Waals surface area (Å²) in [6.07, 6.45) is 1.56. The molecule has 0 spiro atoms. The minimum absolute atomic E-state index is 0.0377. The molecule has 2 unspecified atom stereocenters. The fraction of sp³-hybridized carbons (Fsp3) is 0.355. The van der Waals surface area contributed by atoms with Crippen molar-refractivity contribution in [3.63, 3.8) is 0 Å². The lowest BCUT2D eigenvalue weighted by atomic mass is 9.99. The van der Waals surface area contributed by atoms with Gasteiger partial charge in [-0.2, -0.15) is 0 Å². The van der Waals surface area contributed by atoms with Crippen molar-refractivity contribution in [2.24, 2.45) is 0 Å². The highest BCUT2D eigenvalue weighted by molar-refractivity contribution is 5.89. The summed E-state index contributed by atoms with van der Waals surface area (Å²) in [6.45, 7) is 10.5. The number of rotatable bonds is 10. The van der Waals surface area contributed by atoms with Gasteiger partial charge in [-0.3, -0.25) is 9.59 Å². The number of aryl methyl sites for hydroxylation is 3. The van der Waals surface area contributed by atoms with Crippen molar-refractivity contribution in [3.8, 4) is 0 Å². The number of amides is 2. The van der Waals surface area contributed by atoms with Crippen molar-refractivity contribution in [2.75, 3.05) is 0 Å². The van der Waals surface area contributed by atoms with Crippen LogP contribution in [0.4, 0.5) is 0 Å². The van der Waals surface area contributed by atoms with Crippen molar-refractivity contribution >= 4 is 11.8 Å². The van der Waals surface area contributed by atoms with Crippen LogP contribution in [0, 0.1) is 20.8 Å². The molecular weight excluding hydrogens is 432 g/mol. The average Bonchev–Trinajstić information content (AvgIpc) is 2.84. The molecule has 3 rings (SSSR count). The zero-order valence-electron chi connectivity index (χ0n) is 21.7. The Balaban J connectivity index is 2.00. The molecule has 0 aromatic heterocycles. The molecule has 35 heavy (non-hydrogen) atoms. The third-order valence-electron chi connectivity index (χ3n) is 6.55. The minimum atomic E-state index is -0.607. The van der Waals surface area contributed by atoms with Gasteiger partial charge in [0.2, 0.25) is 11.8 Å². The van der Waals surface area contributed by atoms with Gasteiger partial charge in [0.25, 0.3) is 0 Å². The molecule has 0 bridgehead atoms. The maximum atomic E-state index is 13.9. The van der Waals surface area contributed by atoms with E-state index in [9.17, 15) is 9.59 Å². The standard InChI is InChI=1S/C31H38N2O2/c1-6-25(5)32-31(35)29(19-26-12-8-7-9-13-26)33(21-27-14-10-11-22(2)17-27)30(34)20-28-18-23(3)15-16-24(28)4/h7-18,25,29H,6,19-21H2,1-5H3,(H,32,35). The van der Waals surface area contributed by atoms with Crippen molar-refractivity contribution in [1.82, 2.24) is 10.2 Å². The van der Waals surface area contributed by atoms with E-state index in [1.807, 2.05) is 83.1 Å². The third kappa shape index (κ3) is 7.54. The van der Waals surface area contributed by atoms with E-state index < -0.39 is 6.04 Å². The zero-order valence-corrected chi connectivity index (χ0v) is 21.7. The maximum absolute atomic E-state index is 13.9. The molecule has 2 atom stereocenters. The highest BCUT2D eigenvalue weighted by atomic mass is 16.2. The second-order valence-corrected chi connectivity index (χ2v) is 9.64. The van der Waals surface area contributed by atoms with Crippen LogP contribution in [0.25, 0.3) is 0 Å². The third-order valence-corrected chi connectivity index (χ3v) is 6.55. The Bertz CT molecular complexity index is 1140. The number of hydrogen-bond donors (Lipinski definition) is 1. The summed E-state index contributed by atoms with van der Waals surface area (Å²) in [4.78, 5) is 29.3. The Morgan fingerprint density at radius 3 is 2.23 bits per heavy atom. The molecule has 184 valence electrons. The largest absolute Gasteiger partial charge is 0.352 e. The number of benzene rings is 3. The van der Waals surface area contributed by atoms with Gasteiger partial charge in [0.15, 0.2) is 0 Å². The van der Waals surface area contributed by atoms with E-state index in [1.54, 1.807) is 4.90 Å². The van der Waals surface area contributed by atoms with E-state index in [4.69, 9.17) is 0 Å². The van der Waals surface area contributed by atoms with E-state index in [2.05, 4.69) is 29.6 Å². The monoisotopic (exact) mass is 470 g/mol. The Labute approximate surface area is 210 Å². The number of nitrogens with zero attached hydrogens (tertiary/aromatic N) is 1. The average molecular weight is 471 g/mol. The summed E-state index contributed by atoms with van der Waals surface area (Å²) in [5, 5.41) is 3.13. The lowest BCUT2D eigenvalue weighted by Crippen LogP contribution is -2.52. The molecule has 0 aliphatic carbocycles. The van der Waals surface area contributed by atoms with Crippen LogP contribution in [-0.2, 0) is 29.0 Å². The summed E-state index contributed by atoms with van der Waals surface area (Å²) < 4.78 is 0. The fourth-order valence-corrected chi connectivity index (χ4v) is 4.26. The molecule has 2 amide bonds. The van der Waals surface area contributed by atoms with Crippen LogP contribution in [-0.4, -0.2) is 28.8 Å². The molecule has 0 aliphatic rings. The molecular formula is C31H38N2O2. The lowest BCUT2D eigenvalue weighted by molar-refractivity contribution is -0.141. The molecule has 0 saturated carbocycles. The number of carbonyl (C=O) groups excluding carboxylic acids is 2. The molecule has 0 radical (unpaired) electrons. The van der Waals surface area contributed by atoms with Gasteiger partial charge in [-0.15, -0.1) is 0 Å².